The molecule has 1 aromatic rings. The van der Waals surface area contributed by atoms with Gasteiger partial charge >= 0.3 is 0 Å². The van der Waals surface area contributed by atoms with Crippen LogP contribution in [0.2, 0.25) is 0 Å². The van der Waals surface area contributed by atoms with E-state index in [-0.39, 0.29) is 6.42 Å². The van der Waals surface area contributed by atoms with E-state index in [0.717, 1.165) is 11.1 Å². The number of Topliss-reactive ketones (excluding diaryl/α,β-unsaturated/α-hetero) is 1. The molecular formula is C12H10FNO. The number of hydrogen-bond acceptors (Lipinski definition) is 2. The molecule has 0 aromatic heterocycles. The normalized spacial score (nSPS) is 23.7. The summed E-state index contributed by atoms with van der Waals surface area (Å²) in [4.78, 5) is 11.6. The Labute approximate surface area is 87.3 Å². The van der Waals surface area contributed by atoms with Gasteiger partial charge in [-0.3, -0.25) is 4.79 Å². The molecule has 0 spiro atoms. The first-order valence-electron chi connectivity index (χ1n) is 4.73. The van der Waals surface area contributed by atoms with Crippen LogP contribution in [-0.4, -0.2) is 11.5 Å². The number of fused-ring (bicyclic) bond motifs is 1. The summed E-state index contributed by atoms with van der Waals surface area (Å²) in [7, 11) is 0. The van der Waals surface area contributed by atoms with Gasteiger partial charge in [-0.1, -0.05) is 6.07 Å². The van der Waals surface area contributed by atoms with Crippen LogP contribution < -0.4 is 0 Å². The average molecular weight is 203 g/mol. The van der Waals surface area contributed by atoms with Crippen LogP contribution >= 0.6 is 0 Å². The summed E-state index contributed by atoms with van der Waals surface area (Å²) in [6.07, 6.45) is -0.112. The van der Waals surface area contributed by atoms with Crippen molar-refractivity contribution in [1.82, 2.24) is 0 Å². The Morgan fingerprint density at radius 1 is 1.40 bits per heavy atom. The molecule has 2 nitrogen and oxygen atoms in total. The molecule has 0 saturated carbocycles. The Bertz CT molecular complexity index is 501. The summed E-state index contributed by atoms with van der Waals surface area (Å²) in [5.74, 6) is -0.692. The lowest BCUT2D eigenvalue weighted by Crippen LogP contribution is -2.27. The molecule has 3 heteroatoms. The topological polar surface area (TPSA) is 40.9 Å². The van der Waals surface area contributed by atoms with Gasteiger partial charge in [0.15, 0.2) is 0 Å². The minimum absolute atomic E-state index is 0.112. The van der Waals surface area contributed by atoms with Crippen LogP contribution in [0.15, 0.2) is 12.1 Å². The van der Waals surface area contributed by atoms with Crippen LogP contribution in [0.25, 0.3) is 0 Å². The molecule has 1 aromatic carbocycles. The van der Waals surface area contributed by atoms with Crippen molar-refractivity contribution in [2.45, 2.75) is 25.9 Å². The van der Waals surface area contributed by atoms with Crippen molar-refractivity contribution in [3.8, 4) is 6.07 Å². The lowest BCUT2D eigenvalue weighted by molar-refractivity contribution is 0.0820. The summed E-state index contributed by atoms with van der Waals surface area (Å²) in [5.41, 5.74) is 0.630. The van der Waals surface area contributed by atoms with E-state index in [2.05, 4.69) is 0 Å². The van der Waals surface area contributed by atoms with Gasteiger partial charge < -0.3 is 0 Å². The standard InChI is InChI=1S/C12H10FNO/c1-7-3-9-5-12(13,6-14)11(15)10(9)4-8(7)2/h3-4H,5H2,1-2H3/t12-/m1/s1. The fourth-order valence-corrected chi connectivity index (χ4v) is 1.88. The number of alkyl halides is 1. The number of nitriles is 1. The fourth-order valence-electron chi connectivity index (χ4n) is 1.88. The van der Waals surface area contributed by atoms with Crippen molar-refractivity contribution in [2.24, 2.45) is 0 Å². The number of rotatable bonds is 0. The van der Waals surface area contributed by atoms with Gasteiger partial charge in [0.1, 0.15) is 6.07 Å². The minimum Gasteiger partial charge on any atom is -0.289 e. The molecule has 0 heterocycles. The quantitative estimate of drug-likeness (QED) is 0.649. The Hall–Kier alpha value is -1.69. The number of hydrogen-bond donors (Lipinski definition) is 0. The van der Waals surface area contributed by atoms with E-state index in [4.69, 9.17) is 5.26 Å². The molecule has 1 atom stereocenters. The third-order valence-corrected chi connectivity index (χ3v) is 2.94. The molecule has 0 aliphatic heterocycles. The van der Waals surface area contributed by atoms with Gasteiger partial charge in [-0.15, -0.1) is 0 Å². The molecule has 2 rings (SSSR count). The lowest BCUT2D eigenvalue weighted by atomic mass is 10.0. The summed E-state index contributed by atoms with van der Waals surface area (Å²) in [5, 5.41) is 8.66. The number of aryl methyl sites for hydroxylation is 2. The largest absolute Gasteiger partial charge is 0.289 e. The van der Waals surface area contributed by atoms with Crippen LogP contribution in [0, 0.1) is 25.2 Å². The van der Waals surface area contributed by atoms with E-state index in [9.17, 15) is 9.18 Å². The van der Waals surface area contributed by atoms with Gasteiger partial charge in [-0.25, -0.2) is 4.39 Å². The maximum atomic E-state index is 13.8. The lowest BCUT2D eigenvalue weighted by Gasteiger charge is -2.04. The van der Waals surface area contributed by atoms with E-state index in [0.29, 0.717) is 11.1 Å². The van der Waals surface area contributed by atoms with Crippen LogP contribution in [0.1, 0.15) is 27.0 Å². The molecule has 15 heavy (non-hydrogen) atoms. The highest BCUT2D eigenvalue weighted by Crippen LogP contribution is 2.34. The van der Waals surface area contributed by atoms with E-state index in [1.165, 1.54) is 6.07 Å². The molecule has 0 fully saturated rings. The predicted octanol–water partition coefficient (Wildman–Crippen LogP) is 2.27. The van der Waals surface area contributed by atoms with Gasteiger partial charge in [-0.05, 0) is 36.6 Å². The Morgan fingerprint density at radius 3 is 2.60 bits per heavy atom. The number of halogens is 1. The molecule has 0 radical (unpaired) electrons. The Balaban J connectivity index is 2.62. The van der Waals surface area contributed by atoms with Crippen molar-refractivity contribution in [2.75, 3.05) is 0 Å². The fraction of sp³-hybridized carbons (Fsp3) is 0.333. The van der Waals surface area contributed by atoms with Gasteiger partial charge in [0, 0.05) is 12.0 Å². The van der Waals surface area contributed by atoms with Crippen molar-refractivity contribution in [3.63, 3.8) is 0 Å². The van der Waals surface area contributed by atoms with Crippen molar-refractivity contribution >= 4 is 5.78 Å². The summed E-state index contributed by atoms with van der Waals surface area (Å²) < 4.78 is 13.8. The highest BCUT2D eigenvalue weighted by atomic mass is 19.1. The highest BCUT2D eigenvalue weighted by molar-refractivity contribution is 6.08. The molecular weight excluding hydrogens is 193 g/mol. The predicted molar refractivity (Wildman–Crippen MR) is 53.4 cm³/mol. The van der Waals surface area contributed by atoms with Gasteiger partial charge in [0.2, 0.25) is 5.78 Å². The third kappa shape index (κ3) is 1.25. The van der Waals surface area contributed by atoms with Crippen molar-refractivity contribution in [1.29, 1.82) is 5.26 Å². The van der Waals surface area contributed by atoms with Crippen molar-refractivity contribution < 1.29 is 9.18 Å². The molecule has 0 bridgehead atoms. The second-order valence-electron chi connectivity index (χ2n) is 4.01. The summed E-state index contributed by atoms with van der Waals surface area (Å²) in [6, 6.07) is 4.92. The Morgan fingerprint density at radius 2 is 2.00 bits per heavy atom. The van der Waals surface area contributed by atoms with E-state index >= 15 is 0 Å². The van der Waals surface area contributed by atoms with Gasteiger partial charge in [-0.2, -0.15) is 5.26 Å². The minimum atomic E-state index is -2.34. The second-order valence-corrected chi connectivity index (χ2v) is 4.01. The zero-order valence-electron chi connectivity index (χ0n) is 8.60. The smallest absolute Gasteiger partial charge is 0.261 e. The molecule has 0 N–H and O–H groups in total. The number of ketones is 1. The Kier molecular flexibility index (Phi) is 1.90. The molecule has 0 unspecified atom stereocenters. The van der Waals surface area contributed by atoms with Crippen molar-refractivity contribution in [3.05, 3.63) is 34.4 Å². The first-order valence-corrected chi connectivity index (χ1v) is 4.73. The van der Waals surface area contributed by atoms with Crippen LogP contribution in [0.4, 0.5) is 4.39 Å². The summed E-state index contributed by atoms with van der Waals surface area (Å²) in [6.45, 7) is 3.78. The van der Waals surface area contributed by atoms with E-state index in [1.54, 1.807) is 12.1 Å². The van der Waals surface area contributed by atoms with Gasteiger partial charge in [0.05, 0.1) is 0 Å². The molecule has 76 valence electrons. The maximum absolute atomic E-state index is 13.8. The number of nitrogens with zero attached hydrogens (tertiary/aromatic N) is 1. The second kappa shape index (κ2) is 2.90. The molecule has 1 aliphatic carbocycles. The third-order valence-electron chi connectivity index (χ3n) is 2.94. The highest BCUT2D eigenvalue weighted by Gasteiger charge is 2.46. The number of benzene rings is 1. The number of carbonyl (C=O) groups is 1. The molecule has 0 saturated heterocycles. The van der Waals surface area contributed by atoms with Crippen LogP contribution in [-0.2, 0) is 6.42 Å². The van der Waals surface area contributed by atoms with Crippen LogP contribution in [0.3, 0.4) is 0 Å². The first kappa shape index (κ1) is 9.85. The number of carbonyl (C=O) groups excluding carboxylic acids is 1. The van der Waals surface area contributed by atoms with Gasteiger partial charge in [0.25, 0.3) is 5.67 Å². The van der Waals surface area contributed by atoms with E-state index in [1.807, 2.05) is 13.8 Å². The first-order chi connectivity index (χ1) is 6.98. The zero-order valence-corrected chi connectivity index (χ0v) is 8.60. The monoisotopic (exact) mass is 203 g/mol. The maximum Gasteiger partial charge on any atom is 0.261 e. The average Bonchev–Trinajstić information content (AvgIpc) is 2.43. The molecule has 0 amide bonds. The van der Waals surface area contributed by atoms with E-state index < -0.39 is 11.5 Å². The zero-order chi connectivity index (χ0) is 11.2. The summed E-state index contributed by atoms with van der Waals surface area (Å²) >= 11 is 0. The molecule has 1 aliphatic rings. The SMILES string of the molecule is Cc1cc2c(cc1C)C(=O)[C@](F)(C#N)C2. The van der Waals surface area contributed by atoms with Crippen LogP contribution in [0.5, 0.6) is 0 Å².